The van der Waals surface area contributed by atoms with Crippen molar-refractivity contribution in [3.8, 4) is 11.3 Å². The maximum atomic E-state index is 4.68. The van der Waals surface area contributed by atoms with E-state index in [-0.39, 0.29) is 0 Å². The van der Waals surface area contributed by atoms with Gasteiger partial charge >= 0.3 is 0 Å². The lowest BCUT2D eigenvalue weighted by atomic mass is 10.1. The van der Waals surface area contributed by atoms with Gasteiger partial charge in [0.2, 0.25) is 0 Å². The van der Waals surface area contributed by atoms with Crippen molar-refractivity contribution in [1.29, 1.82) is 0 Å². The molecule has 3 aromatic heterocycles. The van der Waals surface area contributed by atoms with Crippen LogP contribution in [0.15, 0.2) is 55.2 Å². The number of aryl methyl sites for hydroxylation is 2. The van der Waals surface area contributed by atoms with Crippen LogP contribution in [0.25, 0.3) is 16.9 Å². The molecule has 1 aliphatic rings. The SMILES string of the molecule is Cc1cccc(CN2CCN(c3nccn4c(-c5cnn(C)c5)cnc34)CC2)c1. The van der Waals surface area contributed by atoms with E-state index in [0.717, 1.165) is 55.4 Å². The fourth-order valence-electron chi connectivity index (χ4n) is 4.08. The molecule has 0 atom stereocenters. The minimum Gasteiger partial charge on any atom is -0.351 e. The zero-order valence-electron chi connectivity index (χ0n) is 16.9. The van der Waals surface area contributed by atoms with Gasteiger partial charge in [0.1, 0.15) is 0 Å². The number of hydrogen-bond acceptors (Lipinski definition) is 5. The molecule has 1 aliphatic heterocycles. The molecule has 7 nitrogen and oxygen atoms in total. The van der Waals surface area contributed by atoms with Crippen molar-refractivity contribution in [2.75, 3.05) is 31.1 Å². The summed E-state index contributed by atoms with van der Waals surface area (Å²) in [4.78, 5) is 14.2. The lowest BCUT2D eigenvalue weighted by Gasteiger charge is -2.35. The molecule has 5 rings (SSSR count). The first kappa shape index (κ1) is 17.9. The topological polar surface area (TPSA) is 54.5 Å². The van der Waals surface area contributed by atoms with E-state index in [1.807, 2.05) is 42.7 Å². The van der Waals surface area contributed by atoms with Crippen molar-refractivity contribution in [3.63, 3.8) is 0 Å². The van der Waals surface area contributed by atoms with Crippen LogP contribution in [0.5, 0.6) is 0 Å². The quantitative estimate of drug-likeness (QED) is 0.539. The molecular formula is C22H25N7. The van der Waals surface area contributed by atoms with Gasteiger partial charge in [-0.1, -0.05) is 29.8 Å². The standard InChI is InChI=1S/C22H25N7/c1-17-4-3-5-18(12-17)15-27-8-10-28(11-9-27)21-22-24-14-20(29(22)7-6-23-21)19-13-25-26(2)16-19/h3-7,12-14,16H,8-11,15H2,1-2H3. The van der Waals surface area contributed by atoms with Gasteiger partial charge in [-0.25, -0.2) is 9.97 Å². The van der Waals surface area contributed by atoms with Crippen molar-refractivity contribution in [3.05, 3.63) is 66.4 Å². The summed E-state index contributed by atoms with van der Waals surface area (Å²) in [7, 11) is 1.93. The highest BCUT2D eigenvalue weighted by molar-refractivity contribution is 5.70. The van der Waals surface area contributed by atoms with Gasteiger partial charge in [0.25, 0.3) is 0 Å². The van der Waals surface area contributed by atoms with E-state index in [4.69, 9.17) is 0 Å². The summed E-state index contributed by atoms with van der Waals surface area (Å²) in [6.07, 6.45) is 9.62. The first-order chi connectivity index (χ1) is 14.2. The Balaban J connectivity index is 1.34. The number of imidazole rings is 1. The minimum atomic E-state index is 0.901. The normalized spacial score (nSPS) is 15.3. The molecule has 148 valence electrons. The van der Waals surface area contributed by atoms with Crippen LogP contribution in [0.4, 0.5) is 5.82 Å². The van der Waals surface area contributed by atoms with Gasteiger partial charge in [0.05, 0.1) is 18.1 Å². The Bertz CT molecular complexity index is 1130. The third-order valence-electron chi connectivity index (χ3n) is 5.57. The lowest BCUT2D eigenvalue weighted by molar-refractivity contribution is 0.249. The maximum Gasteiger partial charge on any atom is 0.180 e. The summed E-state index contributed by atoms with van der Waals surface area (Å²) in [5, 5.41) is 4.28. The highest BCUT2D eigenvalue weighted by atomic mass is 15.3. The maximum absolute atomic E-state index is 4.68. The molecule has 0 unspecified atom stereocenters. The highest BCUT2D eigenvalue weighted by Gasteiger charge is 2.21. The van der Waals surface area contributed by atoms with E-state index in [0.29, 0.717) is 0 Å². The van der Waals surface area contributed by atoms with Gasteiger partial charge in [-0.15, -0.1) is 0 Å². The van der Waals surface area contributed by atoms with Crippen LogP contribution >= 0.6 is 0 Å². The molecule has 0 amide bonds. The molecule has 29 heavy (non-hydrogen) atoms. The second-order valence-electron chi connectivity index (χ2n) is 7.74. The van der Waals surface area contributed by atoms with Crippen molar-refractivity contribution in [2.45, 2.75) is 13.5 Å². The predicted octanol–water partition coefficient (Wildman–Crippen LogP) is 2.76. The number of anilines is 1. The van der Waals surface area contributed by atoms with Crippen molar-refractivity contribution >= 4 is 11.5 Å². The van der Waals surface area contributed by atoms with E-state index in [1.54, 1.807) is 0 Å². The van der Waals surface area contributed by atoms with Crippen LogP contribution < -0.4 is 4.90 Å². The molecule has 1 saturated heterocycles. The van der Waals surface area contributed by atoms with Crippen LogP contribution in [0.2, 0.25) is 0 Å². The summed E-state index contributed by atoms with van der Waals surface area (Å²) in [5.74, 6) is 0.956. The van der Waals surface area contributed by atoms with Gasteiger partial charge < -0.3 is 4.90 Å². The van der Waals surface area contributed by atoms with Crippen molar-refractivity contribution < 1.29 is 0 Å². The molecule has 0 N–H and O–H groups in total. The van der Waals surface area contributed by atoms with E-state index in [2.05, 4.69) is 60.5 Å². The predicted molar refractivity (Wildman–Crippen MR) is 114 cm³/mol. The summed E-state index contributed by atoms with van der Waals surface area (Å²) < 4.78 is 3.92. The summed E-state index contributed by atoms with van der Waals surface area (Å²) >= 11 is 0. The number of fused-ring (bicyclic) bond motifs is 1. The summed E-state index contributed by atoms with van der Waals surface area (Å²) in [6.45, 7) is 7.10. The molecule has 4 heterocycles. The Morgan fingerprint density at radius 2 is 1.90 bits per heavy atom. The number of benzene rings is 1. The lowest BCUT2D eigenvalue weighted by Crippen LogP contribution is -2.46. The van der Waals surface area contributed by atoms with E-state index < -0.39 is 0 Å². The van der Waals surface area contributed by atoms with Crippen molar-refractivity contribution in [1.82, 2.24) is 29.0 Å². The average molecular weight is 387 g/mol. The fourth-order valence-corrected chi connectivity index (χ4v) is 4.08. The van der Waals surface area contributed by atoms with Gasteiger partial charge in [-0.2, -0.15) is 5.10 Å². The van der Waals surface area contributed by atoms with E-state index >= 15 is 0 Å². The number of piperazine rings is 1. The molecule has 4 aromatic rings. The molecule has 1 aromatic carbocycles. The van der Waals surface area contributed by atoms with Crippen LogP contribution in [0.3, 0.4) is 0 Å². The third-order valence-corrected chi connectivity index (χ3v) is 5.57. The molecular weight excluding hydrogens is 362 g/mol. The Kier molecular flexibility index (Phi) is 4.52. The molecule has 0 spiro atoms. The Morgan fingerprint density at radius 1 is 1.03 bits per heavy atom. The Morgan fingerprint density at radius 3 is 2.66 bits per heavy atom. The minimum absolute atomic E-state index is 0.901. The Labute approximate surface area is 170 Å². The van der Waals surface area contributed by atoms with Gasteiger partial charge in [0, 0.05) is 63.9 Å². The van der Waals surface area contributed by atoms with Crippen LogP contribution in [-0.2, 0) is 13.6 Å². The highest BCUT2D eigenvalue weighted by Crippen LogP contribution is 2.25. The smallest absolute Gasteiger partial charge is 0.180 e. The van der Waals surface area contributed by atoms with Crippen LogP contribution in [0.1, 0.15) is 11.1 Å². The molecule has 7 heteroatoms. The molecule has 0 radical (unpaired) electrons. The second-order valence-corrected chi connectivity index (χ2v) is 7.74. The number of nitrogens with zero attached hydrogens (tertiary/aromatic N) is 7. The first-order valence-corrected chi connectivity index (χ1v) is 10.0. The van der Waals surface area contributed by atoms with Gasteiger partial charge in [-0.3, -0.25) is 14.0 Å². The average Bonchev–Trinajstić information content (AvgIpc) is 3.34. The first-order valence-electron chi connectivity index (χ1n) is 10.0. The largest absolute Gasteiger partial charge is 0.351 e. The molecule has 0 bridgehead atoms. The zero-order valence-corrected chi connectivity index (χ0v) is 16.9. The number of rotatable bonds is 4. The zero-order chi connectivity index (χ0) is 19.8. The van der Waals surface area contributed by atoms with E-state index in [1.165, 1.54) is 11.1 Å². The van der Waals surface area contributed by atoms with Crippen molar-refractivity contribution in [2.24, 2.45) is 7.05 Å². The third kappa shape index (κ3) is 3.49. The number of aromatic nitrogens is 5. The molecule has 0 saturated carbocycles. The van der Waals surface area contributed by atoms with E-state index in [9.17, 15) is 0 Å². The summed E-state index contributed by atoms with van der Waals surface area (Å²) in [5.41, 5.74) is 5.70. The monoisotopic (exact) mass is 387 g/mol. The van der Waals surface area contributed by atoms with Crippen LogP contribution in [0, 0.1) is 6.92 Å². The van der Waals surface area contributed by atoms with Gasteiger partial charge in [0.15, 0.2) is 11.5 Å². The summed E-state index contributed by atoms with van der Waals surface area (Å²) in [6, 6.07) is 8.78. The second kappa shape index (κ2) is 7.33. The van der Waals surface area contributed by atoms with Gasteiger partial charge in [-0.05, 0) is 12.5 Å². The fraction of sp³-hybridized carbons (Fsp3) is 0.318. The molecule has 0 aliphatic carbocycles. The Hall–Kier alpha value is -3.19. The number of hydrogen-bond donors (Lipinski definition) is 0. The molecule has 1 fully saturated rings. The van der Waals surface area contributed by atoms with Crippen LogP contribution in [-0.4, -0.2) is 55.2 Å².